The first kappa shape index (κ1) is 9.75. The molecule has 8 heteroatoms. The lowest BCUT2D eigenvalue weighted by atomic mass is 10.2. The van der Waals surface area contributed by atoms with E-state index in [0.717, 1.165) is 0 Å². The van der Waals surface area contributed by atoms with Gasteiger partial charge < -0.3 is 5.11 Å². The summed E-state index contributed by atoms with van der Waals surface area (Å²) in [4.78, 5) is 20.1. The van der Waals surface area contributed by atoms with Crippen molar-refractivity contribution in [2.75, 3.05) is 0 Å². The molecular formula is C5H5F3N2O3. The Labute approximate surface area is 70.1 Å². The summed E-state index contributed by atoms with van der Waals surface area (Å²) < 4.78 is 36.6. The molecule has 0 aromatic rings. The van der Waals surface area contributed by atoms with Crippen molar-refractivity contribution in [1.29, 1.82) is 0 Å². The van der Waals surface area contributed by atoms with Gasteiger partial charge >= 0.3 is 12.3 Å². The van der Waals surface area contributed by atoms with E-state index in [0.29, 0.717) is 0 Å². The summed E-state index contributed by atoms with van der Waals surface area (Å²) in [5.74, 6) is 0. The van der Waals surface area contributed by atoms with Gasteiger partial charge in [0, 0.05) is 0 Å². The molecule has 5 nitrogen and oxygen atoms in total. The maximum Gasteiger partial charge on any atom is 0.431 e. The molecule has 1 amide bonds. The third-order valence-electron chi connectivity index (χ3n) is 1.92. The van der Waals surface area contributed by atoms with E-state index in [2.05, 4.69) is 0 Å². The van der Waals surface area contributed by atoms with Gasteiger partial charge in [-0.25, -0.2) is 4.79 Å². The van der Waals surface area contributed by atoms with Gasteiger partial charge in [0.25, 0.3) is 0 Å². The molecule has 0 saturated heterocycles. The van der Waals surface area contributed by atoms with Crippen LogP contribution in [0.5, 0.6) is 0 Å². The number of nitrogens with zero attached hydrogens (tertiary/aromatic N) is 2. The van der Waals surface area contributed by atoms with Gasteiger partial charge in [-0.05, 0) is 12.8 Å². The molecule has 0 bridgehead atoms. The molecule has 1 saturated carbocycles. The van der Waals surface area contributed by atoms with Gasteiger partial charge in [-0.3, -0.25) is 0 Å². The number of carboxylic acid groups (broad SMARTS) is 1. The van der Waals surface area contributed by atoms with Crippen molar-refractivity contribution in [3.05, 3.63) is 4.91 Å². The molecule has 74 valence electrons. The highest BCUT2D eigenvalue weighted by molar-refractivity contribution is 5.66. The molecule has 1 fully saturated rings. The number of alkyl halides is 3. The van der Waals surface area contributed by atoms with Crippen LogP contribution in [-0.2, 0) is 0 Å². The Morgan fingerprint density at radius 1 is 1.46 bits per heavy atom. The van der Waals surface area contributed by atoms with E-state index in [1.807, 2.05) is 5.29 Å². The molecule has 0 heterocycles. The summed E-state index contributed by atoms with van der Waals surface area (Å²) in [6.07, 6.45) is -7.53. The van der Waals surface area contributed by atoms with Crippen molar-refractivity contribution in [3.8, 4) is 0 Å². The molecule has 1 aliphatic carbocycles. The van der Waals surface area contributed by atoms with E-state index in [1.54, 1.807) is 0 Å². The highest BCUT2D eigenvalue weighted by atomic mass is 19.4. The number of halogens is 3. The summed E-state index contributed by atoms with van der Waals surface area (Å²) >= 11 is 0. The quantitative estimate of drug-likeness (QED) is 0.542. The average Bonchev–Trinajstić information content (AvgIpc) is 2.67. The summed E-state index contributed by atoms with van der Waals surface area (Å²) in [7, 11) is 0. The van der Waals surface area contributed by atoms with Gasteiger partial charge in [-0.2, -0.15) is 13.2 Å². The van der Waals surface area contributed by atoms with Crippen molar-refractivity contribution in [2.24, 2.45) is 5.29 Å². The van der Waals surface area contributed by atoms with E-state index in [-0.39, 0.29) is 0 Å². The minimum Gasteiger partial charge on any atom is -0.464 e. The second-order valence-electron chi connectivity index (χ2n) is 2.71. The molecule has 1 aliphatic rings. The number of hydrogen-bond acceptors (Lipinski definition) is 3. The molecule has 0 atom stereocenters. The zero-order valence-electron chi connectivity index (χ0n) is 6.21. The predicted molar refractivity (Wildman–Crippen MR) is 33.7 cm³/mol. The fourth-order valence-electron chi connectivity index (χ4n) is 1.03. The minimum atomic E-state index is -4.74. The van der Waals surface area contributed by atoms with Crippen LogP contribution in [0.25, 0.3) is 0 Å². The van der Waals surface area contributed by atoms with Crippen LogP contribution in [0.1, 0.15) is 12.8 Å². The maximum absolute atomic E-state index is 12.2. The van der Waals surface area contributed by atoms with Crippen LogP contribution < -0.4 is 0 Å². The Morgan fingerprint density at radius 3 is 2.00 bits per heavy atom. The van der Waals surface area contributed by atoms with E-state index in [9.17, 15) is 22.9 Å². The standard InChI is InChI=1S/C5H5F3N2O3/c6-5(7,8)4(1-2-4)10(9-13)3(11)12/h1-2H2,(H,11,12). The molecule has 0 radical (unpaired) electrons. The van der Waals surface area contributed by atoms with E-state index in [4.69, 9.17) is 5.11 Å². The van der Waals surface area contributed by atoms with Crippen molar-refractivity contribution in [2.45, 2.75) is 24.6 Å². The van der Waals surface area contributed by atoms with Crippen LogP contribution in [0.15, 0.2) is 5.29 Å². The zero-order chi connectivity index (χ0) is 10.3. The molecule has 0 unspecified atom stereocenters. The summed E-state index contributed by atoms with van der Waals surface area (Å²) in [6.45, 7) is 0. The minimum absolute atomic E-state index is 0.408. The normalized spacial score (nSPS) is 19.3. The second kappa shape index (κ2) is 2.57. The maximum atomic E-state index is 12.2. The Morgan fingerprint density at radius 2 is 1.92 bits per heavy atom. The number of nitroso groups, excluding NO2 is 1. The monoisotopic (exact) mass is 198 g/mol. The van der Waals surface area contributed by atoms with E-state index in [1.165, 1.54) is 0 Å². The Bertz CT molecular complexity index is 248. The van der Waals surface area contributed by atoms with Crippen molar-refractivity contribution in [3.63, 3.8) is 0 Å². The molecule has 1 rings (SSSR count). The second-order valence-corrected chi connectivity index (χ2v) is 2.71. The highest BCUT2D eigenvalue weighted by Crippen LogP contribution is 2.53. The van der Waals surface area contributed by atoms with Gasteiger partial charge in [0.05, 0.1) is 5.29 Å². The zero-order valence-corrected chi connectivity index (χ0v) is 6.21. The SMILES string of the molecule is O=NN(C(=O)O)C1(C(F)(F)F)CC1. The number of carbonyl (C=O) groups is 1. The highest BCUT2D eigenvalue weighted by Gasteiger charge is 2.70. The Kier molecular flexibility index (Phi) is 1.93. The average molecular weight is 198 g/mol. The molecule has 0 aliphatic heterocycles. The first-order chi connectivity index (χ1) is 5.85. The molecule has 1 N–H and O–H groups in total. The van der Waals surface area contributed by atoms with Gasteiger partial charge in [-0.1, -0.05) is 0 Å². The largest absolute Gasteiger partial charge is 0.464 e. The van der Waals surface area contributed by atoms with Crippen LogP contribution in [0.4, 0.5) is 18.0 Å². The van der Waals surface area contributed by atoms with Crippen molar-refractivity contribution < 1.29 is 23.1 Å². The first-order valence-electron chi connectivity index (χ1n) is 3.28. The third-order valence-corrected chi connectivity index (χ3v) is 1.92. The summed E-state index contributed by atoms with van der Waals surface area (Å²) in [6, 6.07) is 0. The lowest BCUT2D eigenvalue weighted by Crippen LogP contribution is -2.47. The fraction of sp³-hybridized carbons (Fsp3) is 0.800. The van der Waals surface area contributed by atoms with Crippen LogP contribution in [0.3, 0.4) is 0 Å². The third kappa shape index (κ3) is 1.31. The van der Waals surface area contributed by atoms with Crippen LogP contribution in [-0.4, -0.2) is 27.9 Å². The number of hydrogen-bond donors (Lipinski definition) is 1. The lowest BCUT2D eigenvalue weighted by molar-refractivity contribution is -0.190. The van der Waals surface area contributed by atoms with E-state index >= 15 is 0 Å². The Hall–Kier alpha value is -1.34. The topological polar surface area (TPSA) is 70.0 Å². The predicted octanol–water partition coefficient (Wildman–Crippen LogP) is 1.74. The smallest absolute Gasteiger partial charge is 0.431 e. The summed E-state index contributed by atoms with van der Waals surface area (Å²) in [5, 5.41) is 9.63. The summed E-state index contributed by atoms with van der Waals surface area (Å²) in [5.41, 5.74) is -2.57. The number of rotatable bonds is 2. The van der Waals surface area contributed by atoms with Gasteiger partial charge in [0.1, 0.15) is 0 Å². The number of amides is 1. The molecule has 0 aromatic carbocycles. The van der Waals surface area contributed by atoms with Crippen LogP contribution in [0, 0.1) is 4.91 Å². The van der Waals surface area contributed by atoms with Gasteiger partial charge in [0.15, 0.2) is 5.54 Å². The first-order valence-corrected chi connectivity index (χ1v) is 3.28. The Balaban J connectivity index is 2.92. The van der Waals surface area contributed by atoms with Crippen LogP contribution >= 0.6 is 0 Å². The molecular weight excluding hydrogens is 193 g/mol. The van der Waals surface area contributed by atoms with Crippen molar-refractivity contribution in [1.82, 2.24) is 5.01 Å². The lowest BCUT2D eigenvalue weighted by Gasteiger charge is -2.23. The molecule has 13 heavy (non-hydrogen) atoms. The van der Waals surface area contributed by atoms with Crippen LogP contribution in [0.2, 0.25) is 0 Å². The fourth-order valence-corrected chi connectivity index (χ4v) is 1.03. The van der Waals surface area contributed by atoms with Crippen molar-refractivity contribution >= 4 is 6.09 Å². The van der Waals surface area contributed by atoms with E-state index < -0.39 is 35.7 Å². The van der Waals surface area contributed by atoms with Gasteiger partial charge in [-0.15, -0.1) is 9.92 Å². The van der Waals surface area contributed by atoms with Gasteiger partial charge in [0.2, 0.25) is 0 Å². The molecule has 0 aromatic heterocycles. The molecule has 0 spiro atoms.